The van der Waals surface area contributed by atoms with E-state index in [1.165, 1.54) is 25.7 Å². The summed E-state index contributed by atoms with van der Waals surface area (Å²) in [6.45, 7) is 7.68. The summed E-state index contributed by atoms with van der Waals surface area (Å²) in [6, 6.07) is 5.46. The molecule has 0 saturated carbocycles. The van der Waals surface area contributed by atoms with Gasteiger partial charge < -0.3 is 9.84 Å². The van der Waals surface area contributed by atoms with Crippen LogP contribution in [0, 0.1) is 5.41 Å². The monoisotopic (exact) mass is 277 g/mol. The molecule has 0 spiro atoms. The largest absolute Gasteiger partial charge is 0.508 e. The van der Waals surface area contributed by atoms with Crippen molar-refractivity contribution in [1.29, 1.82) is 0 Å². The van der Waals surface area contributed by atoms with E-state index < -0.39 is 0 Å². The fourth-order valence-corrected chi connectivity index (χ4v) is 3.20. The Morgan fingerprint density at radius 2 is 1.85 bits per heavy atom. The van der Waals surface area contributed by atoms with E-state index in [9.17, 15) is 5.11 Å². The summed E-state index contributed by atoms with van der Waals surface area (Å²) in [6.07, 6.45) is 5.10. The molecule has 1 heterocycles. The van der Waals surface area contributed by atoms with Crippen molar-refractivity contribution in [2.24, 2.45) is 5.41 Å². The number of methoxy groups -OCH3 is 1. The standard InChI is InChI=1S/C17H27NO2/c1-4-17(5-2)8-10-18(11-9-17)13-14-12-15(20-3)6-7-16(14)19/h6-7,12,19H,4-5,8-11,13H2,1-3H3. The van der Waals surface area contributed by atoms with Crippen molar-refractivity contribution in [3.05, 3.63) is 23.8 Å². The minimum absolute atomic E-state index is 0.369. The number of phenols is 1. The Labute approximate surface area is 122 Å². The van der Waals surface area contributed by atoms with Crippen LogP contribution in [0.1, 0.15) is 45.1 Å². The minimum atomic E-state index is 0.369. The van der Waals surface area contributed by atoms with Crippen molar-refractivity contribution >= 4 is 0 Å². The normalized spacial score (nSPS) is 18.9. The van der Waals surface area contributed by atoms with Crippen LogP contribution in [-0.4, -0.2) is 30.2 Å². The minimum Gasteiger partial charge on any atom is -0.508 e. The van der Waals surface area contributed by atoms with E-state index in [1.807, 2.05) is 6.07 Å². The number of likely N-dealkylation sites (tertiary alicyclic amines) is 1. The van der Waals surface area contributed by atoms with Gasteiger partial charge in [0.15, 0.2) is 0 Å². The molecule has 0 aliphatic carbocycles. The number of rotatable bonds is 5. The smallest absolute Gasteiger partial charge is 0.120 e. The lowest BCUT2D eigenvalue weighted by Crippen LogP contribution is -2.39. The summed E-state index contributed by atoms with van der Waals surface area (Å²) in [5, 5.41) is 9.97. The van der Waals surface area contributed by atoms with Crippen LogP contribution < -0.4 is 4.74 Å². The Bertz CT molecular complexity index is 431. The summed E-state index contributed by atoms with van der Waals surface area (Å²) >= 11 is 0. The van der Waals surface area contributed by atoms with Crippen molar-refractivity contribution in [3.63, 3.8) is 0 Å². The zero-order valence-electron chi connectivity index (χ0n) is 13.0. The summed E-state index contributed by atoms with van der Waals surface area (Å²) < 4.78 is 5.24. The second-order valence-corrected chi connectivity index (χ2v) is 5.98. The van der Waals surface area contributed by atoms with Crippen LogP contribution in [0.5, 0.6) is 11.5 Å². The van der Waals surface area contributed by atoms with Crippen LogP contribution in [0.25, 0.3) is 0 Å². The van der Waals surface area contributed by atoms with Gasteiger partial charge in [-0.25, -0.2) is 0 Å². The van der Waals surface area contributed by atoms with E-state index in [0.717, 1.165) is 30.9 Å². The number of hydrogen-bond donors (Lipinski definition) is 1. The molecule has 3 heteroatoms. The number of ether oxygens (including phenoxy) is 1. The lowest BCUT2D eigenvalue weighted by atomic mass is 9.74. The average Bonchev–Trinajstić information content (AvgIpc) is 2.50. The highest BCUT2D eigenvalue weighted by molar-refractivity contribution is 5.39. The molecule has 0 radical (unpaired) electrons. The first-order valence-corrected chi connectivity index (χ1v) is 7.70. The predicted octanol–water partition coefficient (Wildman–Crippen LogP) is 3.80. The topological polar surface area (TPSA) is 32.7 Å². The number of hydrogen-bond acceptors (Lipinski definition) is 3. The second-order valence-electron chi connectivity index (χ2n) is 5.98. The molecule has 0 atom stereocenters. The molecule has 1 aromatic rings. The van der Waals surface area contributed by atoms with Gasteiger partial charge in [-0.3, -0.25) is 4.90 Å². The van der Waals surface area contributed by atoms with Gasteiger partial charge in [0.05, 0.1) is 7.11 Å². The first kappa shape index (κ1) is 15.2. The molecule has 0 unspecified atom stereocenters. The third-order valence-electron chi connectivity index (χ3n) is 5.10. The van der Waals surface area contributed by atoms with Crippen LogP contribution in [0.3, 0.4) is 0 Å². The Morgan fingerprint density at radius 3 is 2.40 bits per heavy atom. The summed E-state index contributed by atoms with van der Waals surface area (Å²) in [5.74, 6) is 1.18. The van der Waals surface area contributed by atoms with Crippen LogP contribution in [0.15, 0.2) is 18.2 Å². The quantitative estimate of drug-likeness (QED) is 0.888. The second kappa shape index (κ2) is 6.49. The molecule has 3 nitrogen and oxygen atoms in total. The average molecular weight is 277 g/mol. The fourth-order valence-electron chi connectivity index (χ4n) is 3.20. The van der Waals surface area contributed by atoms with E-state index in [0.29, 0.717) is 11.2 Å². The van der Waals surface area contributed by atoms with Crippen molar-refractivity contribution in [1.82, 2.24) is 4.90 Å². The van der Waals surface area contributed by atoms with Gasteiger partial charge in [0.25, 0.3) is 0 Å². The van der Waals surface area contributed by atoms with Crippen molar-refractivity contribution < 1.29 is 9.84 Å². The predicted molar refractivity (Wildman–Crippen MR) is 82.2 cm³/mol. The summed E-state index contributed by atoms with van der Waals surface area (Å²) in [7, 11) is 1.66. The number of piperidine rings is 1. The first-order valence-electron chi connectivity index (χ1n) is 7.70. The third-order valence-corrected chi connectivity index (χ3v) is 5.10. The van der Waals surface area contributed by atoms with Crippen LogP contribution in [0.4, 0.5) is 0 Å². The Kier molecular flexibility index (Phi) is 4.92. The van der Waals surface area contributed by atoms with E-state index >= 15 is 0 Å². The van der Waals surface area contributed by atoms with E-state index in [2.05, 4.69) is 18.7 Å². The SMILES string of the molecule is CCC1(CC)CCN(Cc2cc(OC)ccc2O)CC1. The molecule has 1 N–H and O–H groups in total. The van der Waals surface area contributed by atoms with Gasteiger partial charge in [0, 0.05) is 12.1 Å². The molecule has 20 heavy (non-hydrogen) atoms. The van der Waals surface area contributed by atoms with Crippen LogP contribution >= 0.6 is 0 Å². The molecular formula is C17H27NO2. The maximum Gasteiger partial charge on any atom is 0.120 e. The van der Waals surface area contributed by atoms with Gasteiger partial charge in [0.2, 0.25) is 0 Å². The van der Waals surface area contributed by atoms with Crippen molar-refractivity contribution in [3.8, 4) is 11.5 Å². The molecule has 1 aliphatic heterocycles. The summed E-state index contributed by atoms with van der Waals surface area (Å²) in [5.41, 5.74) is 1.51. The van der Waals surface area contributed by atoms with Gasteiger partial charge in [-0.05, 0) is 49.5 Å². The van der Waals surface area contributed by atoms with Gasteiger partial charge in [-0.15, -0.1) is 0 Å². The fraction of sp³-hybridized carbons (Fsp3) is 0.647. The van der Waals surface area contributed by atoms with E-state index in [1.54, 1.807) is 19.2 Å². The number of aromatic hydroxyl groups is 1. The van der Waals surface area contributed by atoms with Crippen LogP contribution in [-0.2, 0) is 6.54 Å². The third kappa shape index (κ3) is 3.26. The highest BCUT2D eigenvalue weighted by atomic mass is 16.5. The Balaban J connectivity index is 1.99. The molecule has 112 valence electrons. The molecule has 1 fully saturated rings. The van der Waals surface area contributed by atoms with Gasteiger partial charge in [0.1, 0.15) is 11.5 Å². The molecule has 0 aromatic heterocycles. The van der Waals surface area contributed by atoms with Gasteiger partial charge >= 0.3 is 0 Å². The van der Waals surface area contributed by atoms with Gasteiger partial charge in [-0.2, -0.15) is 0 Å². The van der Waals surface area contributed by atoms with Crippen LogP contribution in [0.2, 0.25) is 0 Å². The van der Waals surface area contributed by atoms with Crippen molar-refractivity contribution in [2.75, 3.05) is 20.2 Å². The maximum atomic E-state index is 9.97. The molecule has 0 amide bonds. The molecular weight excluding hydrogens is 250 g/mol. The highest BCUT2D eigenvalue weighted by Gasteiger charge is 2.31. The Morgan fingerprint density at radius 1 is 1.20 bits per heavy atom. The van der Waals surface area contributed by atoms with E-state index in [4.69, 9.17) is 4.74 Å². The summed E-state index contributed by atoms with van der Waals surface area (Å²) in [4.78, 5) is 2.44. The van der Waals surface area contributed by atoms with Crippen molar-refractivity contribution in [2.45, 2.75) is 46.1 Å². The lowest BCUT2D eigenvalue weighted by molar-refractivity contribution is 0.0903. The van der Waals surface area contributed by atoms with Gasteiger partial charge in [-0.1, -0.05) is 26.7 Å². The zero-order chi connectivity index (χ0) is 14.6. The first-order chi connectivity index (χ1) is 9.62. The number of nitrogens with zero attached hydrogens (tertiary/aromatic N) is 1. The van der Waals surface area contributed by atoms with E-state index in [-0.39, 0.29) is 0 Å². The Hall–Kier alpha value is -1.22. The molecule has 1 aromatic carbocycles. The number of benzene rings is 1. The highest BCUT2D eigenvalue weighted by Crippen LogP contribution is 2.38. The molecule has 1 saturated heterocycles. The lowest BCUT2D eigenvalue weighted by Gasteiger charge is -2.41. The number of phenolic OH excluding ortho intramolecular Hbond substituents is 1. The maximum absolute atomic E-state index is 9.97. The molecule has 2 rings (SSSR count). The molecule has 0 bridgehead atoms. The molecule has 1 aliphatic rings. The zero-order valence-corrected chi connectivity index (χ0v) is 13.0.